The Bertz CT molecular complexity index is 828. The fourth-order valence-electron chi connectivity index (χ4n) is 5.94. The average Bonchev–Trinajstić information content (AvgIpc) is 2.93. The summed E-state index contributed by atoms with van der Waals surface area (Å²) >= 11 is 0. The van der Waals surface area contributed by atoms with E-state index in [2.05, 4.69) is 72.2 Å². The zero-order chi connectivity index (χ0) is 18.5. The van der Waals surface area contributed by atoms with Crippen molar-refractivity contribution in [3.8, 4) is 0 Å². The Labute approximate surface area is 163 Å². The van der Waals surface area contributed by atoms with E-state index in [0.717, 1.165) is 24.7 Å². The van der Waals surface area contributed by atoms with Crippen molar-refractivity contribution in [2.24, 2.45) is 0 Å². The van der Waals surface area contributed by atoms with Gasteiger partial charge in [0.05, 0.1) is 0 Å². The van der Waals surface area contributed by atoms with Crippen molar-refractivity contribution in [1.82, 2.24) is 9.88 Å². The number of rotatable bonds is 3. The first-order valence-corrected chi connectivity index (χ1v) is 10.6. The largest absolute Gasteiger partial charge is 0.367 e. The highest BCUT2D eigenvalue weighted by Crippen LogP contribution is 2.51. The van der Waals surface area contributed by atoms with Gasteiger partial charge in [-0.25, -0.2) is 0 Å². The van der Waals surface area contributed by atoms with Crippen molar-refractivity contribution in [2.45, 2.75) is 70.0 Å². The minimum atomic E-state index is 0.673. The van der Waals surface area contributed by atoms with Crippen LogP contribution < -0.4 is 4.90 Å². The Morgan fingerprint density at radius 1 is 1.07 bits per heavy atom. The number of likely N-dealkylation sites (N-methyl/N-ethyl adjacent to an activating group) is 1. The molecule has 0 unspecified atom stereocenters. The molecule has 3 aliphatic heterocycles. The first-order chi connectivity index (χ1) is 13.1. The summed E-state index contributed by atoms with van der Waals surface area (Å²) in [5.74, 6) is 0.678. The van der Waals surface area contributed by atoms with Crippen LogP contribution in [-0.2, 0) is 6.42 Å². The number of fused-ring (bicyclic) bond motifs is 6. The van der Waals surface area contributed by atoms with Crippen LogP contribution in [0.15, 0.2) is 36.5 Å². The molecule has 0 saturated carbocycles. The summed E-state index contributed by atoms with van der Waals surface area (Å²) in [6, 6.07) is 13.7. The minimum Gasteiger partial charge on any atom is -0.367 e. The first-order valence-electron chi connectivity index (χ1n) is 10.6. The topological polar surface area (TPSA) is 19.4 Å². The standard InChI is InChI=1S/C24H31N3/c1-16-7-10-21-20(13-16)24-22-6-4-5-19(26(22)3)14-23(24)27(21)12-11-18-9-8-17(2)25-15-18/h7-10,13,15,19,22-24H,4-6,11-12,14H2,1-3H3/t19-,22+,23+,24-/m0/s1. The number of aromatic nitrogens is 1. The highest BCUT2D eigenvalue weighted by atomic mass is 15.3. The van der Waals surface area contributed by atoms with Crippen LogP contribution in [0.2, 0.25) is 0 Å². The van der Waals surface area contributed by atoms with E-state index in [-0.39, 0.29) is 0 Å². The Morgan fingerprint density at radius 2 is 1.96 bits per heavy atom. The second-order valence-electron chi connectivity index (χ2n) is 8.96. The molecule has 4 atom stereocenters. The highest BCUT2D eigenvalue weighted by Gasteiger charge is 2.50. The van der Waals surface area contributed by atoms with Gasteiger partial charge in [-0.1, -0.05) is 30.2 Å². The number of nitrogens with zero attached hydrogens (tertiary/aromatic N) is 3. The molecular weight excluding hydrogens is 330 g/mol. The minimum absolute atomic E-state index is 0.673. The fraction of sp³-hybridized carbons (Fsp3) is 0.542. The van der Waals surface area contributed by atoms with Crippen LogP contribution in [-0.4, -0.2) is 41.6 Å². The van der Waals surface area contributed by atoms with Gasteiger partial charge in [-0.2, -0.15) is 0 Å². The van der Waals surface area contributed by atoms with E-state index in [1.807, 2.05) is 0 Å². The van der Waals surface area contributed by atoms with E-state index in [1.165, 1.54) is 42.5 Å². The quantitative estimate of drug-likeness (QED) is 0.804. The van der Waals surface area contributed by atoms with E-state index in [0.29, 0.717) is 18.0 Å². The summed E-state index contributed by atoms with van der Waals surface area (Å²) in [5.41, 5.74) is 6.96. The summed E-state index contributed by atoms with van der Waals surface area (Å²) in [7, 11) is 2.38. The van der Waals surface area contributed by atoms with Crippen LogP contribution in [0.25, 0.3) is 0 Å². The Hall–Kier alpha value is -1.87. The highest BCUT2D eigenvalue weighted by molar-refractivity contribution is 5.64. The van der Waals surface area contributed by atoms with Crippen LogP contribution in [0, 0.1) is 13.8 Å². The number of aryl methyl sites for hydroxylation is 2. The van der Waals surface area contributed by atoms with Crippen molar-refractivity contribution in [2.75, 3.05) is 18.5 Å². The van der Waals surface area contributed by atoms with Gasteiger partial charge in [-0.3, -0.25) is 9.88 Å². The molecule has 3 aliphatic rings. The Balaban J connectivity index is 1.47. The molecule has 0 N–H and O–H groups in total. The number of piperidine rings is 2. The van der Waals surface area contributed by atoms with Gasteiger partial charge in [0.25, 0.3) is 0 Å². The summed E-state index contributed by atoms with van der Waals surface area (Å²) in [4.78, 5) is 9.95. The van der Waals surface area contributed by atoms with Crippen molar-refractivity contribution in [3.05, 3.63) is 58.9 Å². The van der Waals surface area contributed by atoms with Gasteiger partial charge >= 0.3 is 0 Å². The summed E-state index contributed by atoms with van der Waals surface area (Å²) in [6.07, 6.45) is 8.59. The fourth-order valence-corrected chi connectivity index (χ4v) is 5.94. The molecule has 1 aromatic carbocycles. The zero-order valence-corrected chi connectivity index (χ0v) is 16.9. The van der Waals surface area contributed by atoms with Crippen molar-refractivity contribution < 1.29 is 0 Å². The maximum Gasteiger partial charge on any atom is 0.0406 e. The third-order valence-electron chi connectivity index (χ3n) is 7.34. The molecule has 2 aromatic rings. The molecule has 3 heteroatoms. The van der Waals surface area contributed by atoms with Crippen LogP contribution in [0.3, 0.4) is 0 Å². The van der Waals surface area contributed by atoms with Crippen molar-refractivity contribution in [1.29, 1.82) is 0 Å². The number of hydrogen-bond donors (Lipinski definition) is 0. The van der Waals surface area contributed by atoms with Gasteiger partial charge < -0.3 is 4.90 Å². The van der Waals surface area contributed by atoms with Gasteiger partial charge in [0.1, 0.15) is 0 Å². The lowest BCUT2D eigenvalue weighted by Gasteiger charge is -2.51. The van der Waals surface area contributed by atoms with Crippen molar-refractivity contribution in [3.63, 3.8) is 0 Å². The zero-order valence-electron chi connectivity index (χ0n) is 16.9. The normalized spacial score (nSPS) is 29.5. The third kappa shape index (κ3) is 2.87. The summed E-state index contributed by atoms with van der Waals surface area (Å²) < 4.78 is 0. The first kappa shape index (κ1) is 17.2. The lowest BCUT2D eigenvalue weighted by atomic mass is 9.73. The lowest BCUT2D eigenvalue weighted by Crippen LogP contribution is -2.57. The molecule has 0 radical (unpaired) electrons. The van der Waals surface area contributed by atoms with E-state index < -0.39 is 0 Å². The number of pyridine rings is 1. The molecule has 3 nitrogen and oxygen atoms in total. The monoisotopic (exact) mass is 361 g/mol. The average molecular weight is 362 g/mol. The van der Waals surface area contributed by atoms with Gasteiger partial charge in [0.2, 0.25) is 0 Å². The Morgan fingerprint density at radius 3 is 2.78 bits per heavy atom. The van der Waals surface area contributed by atoms with Gasteiger partial charge in [-0.15, -0.1) is 0 Å². The molecule has 0 amide bonds. The van der Waals surface area contributed by atoms with Gasteiger partial charge in [-0.05, 0) is 69.8 Å². The molecule has 2 bridgehead atoms. The third-order valence-corrected chi connectivity index (χ3v) is 7.34. The van der Waals surface area contributed by atoms with Crippen LogP contribution in [0.5, 0.6) is 0 Å². The molecule has 4 heterocycles. The molecule has 2 fully saturated rings. The molecule has 0 aliphatic carbocycles. The molecule has 142 valence electrons. The van der Waals surface area contributed by atoms with Gasteiger partial charge in [0, 0.05) is 48.2 Å². The number of anilines is 1. The number of hydrogen-bond acceptors (Lipinski definition) is 3. The van der Waals surface area contributed by atoms with Crippen LogP contribution >= 0.6 is 0 Å². The van der Waals surface area contributed by atoms with Crippen LogP contribution in [0.1, 0.15) is 54.0 Å². The second-order valence-corrected chi connectivity index (χ2v) is 8.96. The second kappa shape index (κ2) is 6.63. The molecule has 5 rings (SSSR count). The molecule has 1 aromatic heterocycles. The predicted octanol–water partition coefficient (Wildman–Crippen LogP) is 4.47. The molecular formula is C24H31N3. The summed E-state index contributed by atoms with van der Waals surface area (Å²) in [5, 5.41) is 0. The molecule has 0 spiro atoms. The maximum atomic E-state index is 4.49. The van der Waals surface area contributed by atoms with E-state index in [4.69, 9.17) is 0 Å². The van der Waals surface area contributed by atoms with Crippen LogP contribution in [0.4, 0.5) is 5.69 Å². The summed E-state index contributed by atoms with van der Waals surface area (Å²) in [6.45, 7) is 5.40. The van der Waals surface area contributed by atoms with E-state index >= 15 is 0 Å². The molecule has 2 saturated heterocycles. The molecule has 27 heavy (non-hydrogen) atoms. The smallest absolute Gasteiger partial charge is 0.0406 e. The SMILES string of the molecule is Cc1ccc2c(c1)[C@@H]1[C@@H](C[C@@H]3CCC[C@H]1N3C)N2CCc1ccc(C)nc1. The number of benzene rings is 1. The maximum absolute atomic E-state index is 4.49. The van der Waals surface area contributed by atoms with E-state index in [1.54, 1.807) is 5.56 Å². The Kier molecular flexibility index (Phi) is 4.23. The van der Waals surface area contributed by atoms with E-state index in [9.17, 15) is 0 Å². The predicted molar refractivity (Wildman–Crippen MR) is 112 cm³/mol. The van der Waals surface area contributed by atoms with Gasteiger partial charge in [0.15, 0.2) is 0 Å². The van der Waals surface area contributed by atoms with Crippen molar-refractivity contribution >= 4 is 5.69 Å². The lowest BCUT2D eigenvalue weighted by molar-refractivity contribution is 0.0415.